The Morgan fingerprint density at radius 2 is 2.05 bits per heavy atom. The Morgan fingerprint density at radius 1 is 1.20 bits per heavy atom. The molecule has 2 aliphatic heterocycles. The highest BCUT2D eigenvalue weighted by Crippen LogP contribution is 2.25. The van der Waals surface area contributed by atoms with E-state index in [1.807, 2.05) is 18.2 Å². The number of likely N-dealkylation sites (tertiary alicyclic amines) is 1. The predicted octanol–water partition coefficient (Wildman–Crippen LogP) is 3.80. The molecule has 1 unspecified atom stereocenters. The predicted molar refractivity (Wildman–Crippen MR) is 143 cm³/mol. The molecule has 6 rings (SSSR count). The number of fused-ring (bicyclic) bond motifs is 1. The number of carbonyl (C=O) groups is 1. The topological polar surface area (TPSA) is 126 Å². The van der Waals surface area contributed by atoms with Crippen molar-refractivity contribution >= 4 is 22.8 Å². The molecular formula is C29H27FN6O4. The van der Waals surface area contributed by atoms with Crippen LogP contribution in [0.4, 0.5) is 10.2 Å². The van der Waals surface area contributed by atoms with E-state index in [2.05, 4.69) is 19.8 Å². The molecule has 0 spiro atoms. The number of imidazole rings is 1. The highest BCUT2D eigenvalue weighted by molar-refractivity contribution is 5.92. The van der Waals surface area contributed by atoms with Crippen LogP contribution in [-0.2, 0) is 24.4 Å². The first kappa shape index (κ1) is 25.7. The number of rotatable bonds is 10. The maximum atomic E-state index is 14.2. The van der Waals surface area contributed by atoms with Gasteiger partial charge in [0.1, 0.15) is 24.1 Å². The van der Waals surface area contributed by atoms with E-state index in [-0.39, 0.29) is 29.9 Å². The van der Waals surface area contributed by atoms with Crippen LogP contribution in [0.1, 0.15) is 33.7 Å². The van der Waals surface area contributed by atoms with Gasteiger partial charge in [0.15, 0.2) is 0 Å². The van der Waals surface area contributed by atoms with E-state index >= 15 is 0 Å². The standard InChI is InChI=1S/C29H27FN6O4/c30-23-10-18(12-31)4-5-20(23)17-40-28-3-1-2-26(34-28)32-21-13-35(14-21)16-27-33-24-7-6-19(29(37)38)11-25(24)36(27)15-22-8-9-39-22/h1-7,10-11,21-22H,8-9,13-17H2,(H,32,34)(H,37,38). The van der Waals surface area contributed by atoms with E-state index in [4.69, 9.17) is 19.7 Å². The van der Waals surface area contributed by atoms with Gasteiger partial charge in [-0.05, 0) is 42.8 Å². The van der Waals surface area contributed by atoms with E-state index in [0.717, 1.165) is 43.0 Å². The van der Waals surface area contributed by atoms with E-state index in [1.165, 1.54) is 12.1 Å². The number of anilines is 1. The number of nitriles is 1. The van der Waals surface area contributed by atoms with Crippen molar-refractivity contribution in [2.24, 2.45) is 0 Å². The Hall–Kier alpha value is -4.53. The Kier molecular flexibility index (Phi) is 7.02. The van der Waals surface area contributed by atoms with Gasteiger partial charge < -0.3 is 24.5 Å². The van der Waals surface area contributed by atoms with Gasteiger partial charge in [0, 0.05) is 31.3 Å². The molecule has 40 heavy (non-hydrogen) atoms. The molecule has 11 heteroatoms. The van der Waals surface area contributed by atoms with Crippen LogP contribution in [0.3, 0.4) is 0 Å². The molecule has 2 aromatic carbocycles. The lowest BCUT2D eigenvalue weighted by molar-refractivity contribution is -0.0593. The minimum atomic E-state index is -0.961. The Bertz CT molecular complexity index is 1610. The number of halogens is 1. The lowest BCUT2D eigenvalue weighted by Crippen LogP contribution is -2.54. The van der Waals surface area contributed by atoms with Crippen molar-refractivity contribution in [2.45, 2.75) is 38.3 Å². The second-order valence-corrected chi connectivity index (χ2v) is 10.0. The zero-order chi connectivity index (χ0) is 27.6. The molecule has 2 fully saturated rings. The van der Waals surface area contributed by atoms with Crippen molar-refractivity contribution in [3.8, 4) is 11.9 Å². The summed E-state index contributed by atoms with van der Waals surface area (Å²) >= 11 is 0. The molecule has 2 N–H and O–H groups in total. The number of ether oxygens (including phenoxy) is 2. The Labute approximate surface area is 229 Å². The van der Waals surface area contributed by atoms with Crippen molar-refractivity contribution in [3.63, 3.8) is 0 Å². The van der Waals surface area contributed by atoms with Crippen LogP contribution in [-0.4, -0.2) is 62.4 Å². The van der Waals surface area contributed by atoms with Gasteiger partial charge in [-0.1, -0.05) is 12.1 Å². The van der Waals surface area contributed by atoms with Crippen LogP contribution in [0.25, 0.3) is 11.0 Å². The number of aromatic carboxylic acids is 1. The van der Waals surface area contributed by atoms with Crippen LogP contribution in [0, 0.1) is 17.1 Å². The molecule has 10 nitrogen and oxygen atoms in total. The smallest absolute Gasteiger partial charge is 0.335 e. The fraction of sp³-hybridized carbons (Fsp3) is 0.310. The number of hydrogen-bond donors (Lipinski definition) is 2. The fourth-order valence-electron chi connectivity index (χ4n) is 4.92. The van der Waals surface area contributed by atoms with Crippen molar-refractivity contribution in [3.05, 3.63) is 82.9 Å². The van der Waals surface area contributed by atoms with Gasteiger partial charge in [-0.25, -0.2) is 14.2 Å². The number of carboxylic acid groups (broad SMARTS) is 1. The summed E-state index contributed by atoms with van der Waals surface area (Å²) in [6.45, 7) is 3.60. The second kappa shape index (κ2) is 10.9. The molecule has 0 aliphatic carbocycles. The van der Waals surface area contributed by atoms with Crippen LogP contribution in [0.15, 0.2) is 54.6 Å². The van der Waals surface area contributed by atoms with Gasteiger partial charge in [-0.3, -0.25) is 4.90 Å². The van der Waals surface area contributed by atoms with Crippen molar-refractivity contribution < 1.29 is 23.8 Å². The molecule has 2 aromatic heterocycles. The lowest BCUT2D eigenvalue weighted by Gasteiger charge is -2.39. The average molecular weight is 543 g/mol. The summed E-state index contributed by atoms with van der Waals surface area (Å²) in [5.74, 6) is 0.474. The second-order valence-electron chi connectivity index (χ2n) is 10.0. The first-order valence-electron chi connectivity index (χ1n) is 13.1. The third kappa shape index (κ3) is 5.45. The first-order valence-corrected chi connectivity index (χ1v) is 13.1. The largest absolute Gasteiger partial charge is 0.478 e. The fourth-order valence-corrected chi connectivity index (χ4v) is 4.92. The van der Waals surface area contributed by atoms with E-state index in [0.29, 0.717) is 30.4 Å². The number of nitrogens with one attached hydrogen (secondary N) is 1. The van der Waals surface area contributed by atoms with E-state index in [9.17, 15) is 14.3 Å². The normalized spacial score (nSPS) is 17.1. The van der Waals surface area contributed by atoms with Gasteiger partial charge in [-0.15, -0.1) is 0 Å². The Morgan fingerprint density at radius 3 is 2.77 bits per heavy atom. The van der Waals surface area contributed by atoms with Gasteiger partial charge in [0.2, 0.25) is 5.88 Å². The maximum Gasteiger partial charge on any atom is 0.335 e. The van der Waals surface area contributed by atoms with Gasteiger partial charge in [0.25, 0.3) is 0 Å². The quantitative estimate of drug-likeness (QED) is 0.308. The number of aromatic nitrogens is 3. The van der Waals surface area contributed by atoms with E-state index in [1.54, 1.807) is 30.3 Å². The number of benzene rings is 2. The van der Waals surface area contributed by atoms with Crippen LogP contribution in [0.2, 0.25) is 0 Å². The van der Waals surface area contributed by atoms with Gasteiger partial charge in [-0.2, -0.15) is 10.2 Å². The molecule has 2 saturated heterocycles. The Balaban J connectivity index is 1.07. The molecule has 2 aliphatic rings. The average Bonchev–Trinajstić information content (AvgIpc) is 3.25. The summed E-state index contributed by atoms with van der Waals surface area (Å²) in [7, 11) is 0. The molecule has 204 valence electrons. The maximum absolute atomic E-state index is 14.2. The highest BCUT2D eigenvalue weighted by atomic mass is 19.1. The minimum Gasteiger partial charge on any atom is -0.478 e. The van der Waals surface area contributed by atoms with Gasteiger partial charge >= 0.3 is 5.97 Å². The SMILES string of the molecule is N#Cc1ccc(COc2cccc(NC3CN(Cc4nc5ccc(C(=O)O)cc5n4CC4CCO4)C3)n2)c(F)c1. The molecule has 0 bridgehead atoms. The summed E-state index contributed by atoms with van der Waals surface area (Å²) in [4.78, 5) is 23.1. The first-order chi connectivity index (χ1) is 19.4. The number of hydrogen-bond acceptors (Lipinski definition) is 8. The zero-order valence-corrected chi connectivity index (χ0v) is 21.6. The molecule has 4 heterocycles. The molecule has 4 aromatic rings. The lowest BCUT2D eigenvalue weighted by atomic mass is 10.1. The highest BCUT2D eigenvalue weighted by Gasteiger charge is 2.29. The molecule has 0 saturated carbocycles. The van der Waals surface area contributed by atoms with Gasteiger partial charge in [0.05, 0.1) is 53.5 Å². The number of nitrogens with zero attached hydrogens (tertiary/aromatic N) is 5. The van der Waals surface area contributed by atoms with Crippen molar-refractivity contribution in [1.82, 2.24) is 19.4 Å². The minimum absolute atomic E-state index is 0.00601. The van der Waals surface area contributed by atoms with Crippen LogP contribution < -0.4 is 10.1 Å². The number of carboxylic acids is 1. The van der Waals surface area contributed by atoms with Crippen LogP contribution in [0.5, 0.6) is 5.88 Å². The summed E-state index contributed by atoms with van der Waals surface area (Å²) in [6.07, 6.45) is 1.09. The summed E-state index contributed by atoms with van der Waals surface area (Å²) in [5, 5.41) is 21.8. The molecule has 1 atom stereocenters. The monoisotopic (exact) mass is 542 g/mol. The van der Waals surface area contributed by atoms with Crippen molar-refractivity contribution in [1.29, 1.82) is 5.26 Å². The third-order valence-corrected chi connectivity index (χ3v) is 7.21. The number of pyridine rings is 1. The molecule has 0 radical (unpaired) electrons. The van der Waals surface area contributed by atoms with E-state index < -0.39 is 11.8 Å². The molecular weight excluding hydrogens is 515 g/mol. The summed E-state index contributed by atoms with van der Waals surface area (Å²) in [5.41, 5.74) is 2.43. The summed E-state index contributed by atoms with van der Waals surface area (Å²) in [6, 6.07) is 16.8. The summed E-state index contributed by atoms with van der Waals surface area (Å²) < 4.78 is 27.6. The molecule has 0 amide bonds. The van der Waals surface area contributed by atoms with Crippen molar-refractivity contribution in [2.75, 3.05) is 25.0 Å². The zero-order valence-electron chi connectivity index (χ0n) is 21.6. The van der Waals surface area contributed by atoms with Crippen LogP contribution >= 0.6 is 0 Å². The third-order valence-electron chi connectivity index (χ3n) is 7.21.